The molecule has 1 aliphatic rings. The lowest BCUT2D eigenvalue weighted by Gasteiger charge is -2.36. The van der Waals surface area contributed by atoms with Crippen molar-refractivity contribution < 1.29 is 8.78 Å². The largest absolute Gasteiger partial charge is 0.368 e. The van der Waals surface area contributed by atoms with Crippen molar-refractivity contribution in [3.63, 3.8) is 0 Å². The van der Waals surface area contributed by atoms with E-state index in [1.54, 1.807) is 6.07 Å². The van der Waals surface area contributed by atoms with E-state index in [4.69, 9.17) is 23.2 Å². The number of piperazine rings is 1. The summed E-state index contributed by atoms with van der Waals surface area (Å²) >= 11 is 12.0. The molecule has 0 atom stereocenters. The van der Waals surface area contributed by atoms with E-state index >= 15 is 0 Å². The van der Waals surface area contributed by atoms with Gasteiger partial charge in [-0.2, -0.15) is 0 Å². The first-order valence-electron chi connectivity index (χ1n) is 7.09. The maximum atomic E-state index is 12.7. The summed E-state index contributed by atoms with van der Waals surface area (Å²) in [6.45, 7) is 2.85. The van der Waals surface area contributed by atoms with E-state index in [9.17, 15) is 8.78 Å². The zero-order valence-electron chi connectivity index (χ0n) is 12.1. The first-order chi connectivity index (χ1) is 11.0. The Morgan fingerprint density at radius 1 is 0.913 bits per heavy atom. The summed E-state index contributed by atoms with van der Waals surface area (Å²) in [5.41, 5.74) is 0.747. The van der Waals surface area contributed by atoms with Crippen LogP contribution in [0.4, 0.5) is 20.3 Å². The van der Waals surface area contributed by atoms with E-state index in [-0.39, 0.29) is 5.69 Å². The average molecular weight is 359 g/mol. The molecule has 1 aliphatic heterocycles. The summed E-state index contributed by atoms with van der Waals surface area (Å²) in [4.78, 5) is 11.8. The van der Waals surface area contributed by atoms with Crippen LogP contribution in [0.5, 0.6) is 0 Å². The van der Waals surface area contributed by atoms with Crippen LogP contribution in [0.25, 0.3) is 0 Å². The molecule has 2 heterocycles. The summed E-state index contributed by atoms with van der Waals surface area (Å²) in [6, 6.07) is 6.87. The third kappa shape index (κ3) is 3.64. The van der Waals surface area contributed by atoms with Crippen molar-refractivity contribution in [1.82, 2.24) is 9.97 Å². The number of anilines is 2. The Morgan fingerprint density at radius 2 is 1.61 bits per heavy atom. The van der Waals surface area contributed by atoms with Crippen LogP contribution in [0.1, 0.15) is 12.1 Å². The fourth-order valence-corrected chi connectivity index (χ4v) is 2.82. The van der Waals surface area contributed by atoms with Crippen LogP contribution in [0.2, 0.25) is 10.0 Å². The highest BCUT2D eigenvalue weighted by Crippen LogP contribution is 2.28. The minimum atomic E-state index is -2.59. The van der Waals surface area contributed by atoms with Crippen molar-refractivity contribution in [1.29, 1.82) is 0 Å². The Morgan fingerprint density at radius 3 is 2.26 bits per heavy atom. The minimum Gasteiger partial charge on any atom is -0.368 e. The lowest BCUT2D eigenvalue weighted by Crippen LogP contribution is -2.46. The fraction of sp³-hybridized carbons (Fsp3) is 0.333. The maximum Gasteiger partial charge on any atom is 0.280 e. The molecule has 1 saturated heterocycles. The van der Waals surface area contributed by atoms with Gasteiger partial charge in [-0.3, -0.25) is 0 Å². The van der Waals surface area contributed by atoms with Gasteiger partial charge < -0.3 is 9.80 Å². The van der Waals surface area contributed by atoms with Gasteiger partial charge in [-0.1, -0.05) is 23.2 Å². The molecule has 3 rings (SSSR count). The molecule has 122 valence electrons. The van der Waals surface area contributed by atoms with E-state index in [0.29, 0.717) is 29.0 Å². The quantitative estimate of drug-likeness (QED) is 0.828. The van der Waals surface area contributed by atoms with Crippen molar-refractivity contribution in [2.45, 2.75) is 6.43 Å². The van der Waals surface area contributed by atoms with Crippen LogP contribution in [-0.4, -0.2) is 36.1 Å². The molecule has 0 saturated carbocycles. The second-order valence-corrected chi connectivity index (χ2v) is 5.99. The lowest BCUT2D eigenvalue weighted by molar-refractivity contribution is 0.146. The Hall–Kier alpha value is -1.66. The van der Waals surface area contributed by atoms with Crippen LogP contribution in [0.3, 0.4) is 0 Å². The van der Waals surface area contributed by atoms with E-state index in [2.05, 4.69) is 14.9 Å². The van der Waals surface area contributed by atoms with Gasteiger partial charge in [0.15, 0.2) is 0 Å². The fourth-order valence-electron chi connectivity index (χ4n) is 2.53. The Bertz CT molecular complexity index is 691. The third-order valence-corrected chi connectivity index (χ3v) is 4.51. The van der Waals surface area contributed by atoms with Crippen LogP contribution in [0.15, 0.2) is 30.6 Å². The van der Waals surface area contributed by atoms with Crippen molar-refractivity contribution in [2.24, 2.45) is 0 Å². The van der Waals surface area contributed by atoms with Gasteiger partial charge in [0, 0.05) is 37.9 Å². The van der Waals surface area contributed by atoms with E-state index in [1.165, 1.54) is 12.4 Å². The number of nitrogens with zero attached hydrogens (tertiary/aromatic N) is 4. The van der Waals surface area contributed by atoms with Gasteiger partial charge >= 0.3 is 0 Å². The number of aromatic nitrogens is 2. The highest BCUT2D eigenvalue weighted by molar-refractivity contribution is 6.42. The molecule has 1 fully saturated rings. The van der Waals surface area contributed by atoms with Crippen LogP contribution in [-0.2, 0) is 0 Å². The molecule has 0 spiro atoms. The van der Waals surface area contributed by atoms with Crippen LogP contribution in [0, 0.1) is 0 Å². The average Bonchev–Trinajstić information content (AvgIpc) is 2.57. The van der Waals surface area contributed by atoms with Gasteiger partial charge in [-0.05, 0) is 18.2 Å². The monoisotopic (exact) mass is 358 g/mol. The molecule has 23 heavy (non-hydrogen) atoms. The molecule has 0 radical (unpaired) electrons. The molecular formula is C15H14Cl2F2N4. The summed E-state index contributed by atoms with van der Waals surface area (Å²) in [7, 11) is 0. The Labute approximate surface area is 142 Å². The zero-order valence-corrected chi connectivity index (χ0v) is 13.6. The van der Waals surface area contributed by atoms with Gasteiger partial charge in [0.2, 0.25) is 0 Å². The lowest BCUT2D eigenvalue weighted by atomic mass is 10.2. The summed E-state index contributed by atoms with van der Waals surface area (Å²) in [6.07, 6.45) is -1.41. The molecule has 0 bridgehead atoms. The topological polar surface area (TPSA) is 32.3 Å². The van der Waals surface area contributed by atoms with Gasteiger partial charge in [0.25, 0.3) is 6.43 Å². The molecular weight excluding hydrogens is 345 g/mol. The molecule has 4 nitrogen and oxygen atoms in total. The minimum absolute atomic E-state index is 0.248. The van der Waals surface area contributed by atoms with Crippen molar-refractivity contribution >= 4 is 34.7 Å². The number of hydrogen-bond acceptors (Lipinski definition) is 4. The first-order valence-corrected chi connectivity index (χ1v) is 7.85. The number of hydrogen-bond donors (Lipinski definition) is 0. The molecule has 0 N–H and O–H groups in total. The molecule has 0 unspecified atom stereocenters. The highest BCUT2D eigenvalue weighted by atomic mass is 35.5. The zero-order chi connectivity index (χ0) is 16.4. The predicted octanol–water partition coefficient (Wildman–Crippen LogP) is 4.05. The van der Waals surface area contributed by atoms with Crippen molar-refractivity contribution in [2.75, 3.05) is 36.0 Å². The maximum absolute atomic E-state index is 12.7. The first kappa shape index (κ1) is 16.2. The SMILES string of the molecule is FC(F)c1cc(N2CCN(c3ccc(Cl)c(Cl)c3)CC2)ncn1. The number of alkyl halides is 2. The summed E-state index contributed by atoms with van der Waals surface area (Å²) < 4.78 is 25.5. The van der Waals surface area contributed by atoms with E-state index in [0.717, 1.165) is 18.8 Å². The molecule has 1 aromatic carbocycles. The third-order valence-electron chi connectivity index (χ3n) is 3.77. The Balaban J connectivity index is 1.68. The van der Waals surface area contributed by atoms with E-state index < -0.39 is 6.43 Å². The molecule has 1 aromatic heterocycles. The van der Waals surface area contributed by atoms with Crippen LogP contribution >= 0.6 is 23.2 Å². The number of halogens is 4. The van der Waals surface area contributed by atoms with Crippen molar-refractivity contribution in [3.05, 3.63) is 46.3 Å². The number of benzene rings is 1. The second kappa shape index (κ2) is 6.84. The van der Waals surface area contributed by atoms with Crippen molar-refractivity contribution in [3.8, 4) is 0 Å². The normalized spacial score (nSPS) is 15.3. The van der Waals surface area contributed by atoms with Gasteiger partial charge in [-0.25, -0.2) is 18.7 Å². The van der Waals surface area contributed by atoms with Crippen LogP contribution < -0.4 is 9.80 Å². The van der Waals surface area contributed by atoms with E-state index in [1.807, 2.05) is 17.0 Å². The van der Waals surface area contributed by atoms with Gasteiger partial charge in [0.1, 0.15) is 17.8 Å². The predicted molar refractivity (Wildman–Crippen MR) is 87.9 cm³/mol. The highest BCUT2D eigenvalue weighted by Gasteiger charge is 2.20. The summed E-state index contributed by atoms with van der Waals surface area (Å²) in [5, 5.41) is 1.04. The standard InChI is InChI=1S/C15H14Cl2F2N4/c16-11-2-1-10(7-12(11)17)22-3-5-23(6-4-22)14-8-13(15(18)19)20-9-21-14/h1-2,7-9,15H,3-6H2. The molecule has 0 aliphatic carbocycles. The number of rotatable bonds is 3. The second-order valence-electron chi connectivity index (χ2n) is 5.17. The molecule has 2 aromatic rings. The Kier molecular flexibility index (Phi) is 4.82. The van der Waals surface area contributed by atoms with Gasteiger partial charge in [0.05, 0.1) is 10.0 Å². The molecule has 8 heteroatoms. The smallest absolute Gasteiger partial charge is 0.280 e. The van der Waals surface area contributed by atoms with Gasteiger partial charge in [-0.15, -0.1) is 0 Å². The summed E-state index contributed by atoms with van der Waals surface area (Å²) in [5.74, 6) is 0.532. The molecule has 0 amide bonds.